The Morgan fingerprint density at radius 2 is 2.05 bits per heavy atom. The highest BCUT2D eigenvalue weighted by Gasteiger charge is 2.12. The second kappa shape index (κ2) is 5.28. The van der Waals surface area contributed by atoms with Crippen molar-refractivity contribution in [1.29, 1.82) is 5.26 Å². The second-order valence-corrected chi connectivity index (χ2v) is 4.10. The van der Waals surface area contributed by atoms with Crippen molar-refractivity contribution in [3.05, 3.63) is 53.3 Å². The van der Waals surface area contributed by atoms with Crippen molar-refractivity contribution in [3.63, 3.8) is 0 Å². The van der Waals surface area contributed by atoms with Crippen molar-refractivity contribution >= 4 is 23.0 Å². The van der Waals surface area contributed by atoms with Gasteiger partial charge in [0.15, 0.2) is 0 Å². The van der Waals surface area contributed by atoms with E-state index in [0.717, 1.165) is 6.07 Å². The number of halogens is 1. The van der Waals surface area contributed by atoms with Gasteiger partial charge >= 0.3 is 0 Å². The van der Waals surface area contributed by atoms with E-state index in [0.29, 0.717) is 11.3 Å². The summed E-state index contributed by atoms with van der Waals surface area (Å²) in [5.74, 6) is -1.36. The van der Waals surface area contributed by atoms with Gasteiger partial charge in [-0.25, -0.2) is 4.39 Å². The van der Waals surface area contributed by atoms with Crippen molar-refractivity contribution in [2.45, 2.75) is 0 Å². The van der Waals surface area contributed by atoms with Crippen LogP contribution in [0.1, 0.15) is 15.9 Å². The van der Waals surface area contributed by atoms with Crippen molar-refractivity contribution in [2.75, 3.05) is 11.1 Å². The third-order valence-electron chi connectivity index (χ3n) is 2.68. The summed E-state index contributed by atoms with van der Waals surface area (Å²) in [5, 5.41) is 11.6. The van der Waals surface area contributed by atoms with Gasteiger partial charge in [0.2, 0.25) is 0 Å². The summed E-state index contributed by atoms with van der Waals surface area (Å²) in [6.45, 7) is 0. The van der Waals surface area contributed by atoms with Gasteiger partial charge in [-0.15, -0.1) is 0 Å². The van der Waals surface area contributed by atoms with E-state index in [9.17, 15) is 9.18 Å². The Morgan fingerprint density at radius 1 is 1.30 bits per heavy atom. The maximum Gasteiger partial charge on any atom is 0.250 e. The smallest absolute Gasteiger partial charge is 0.250 e. The molecule has 2 rings (SSSR count). The van der Waals surface area contributed by atoms with Crippen molar-refractivity contribution in [3.8, 4) is 6.07 Å². The molecule has 0 atom stereocenters. The first kappa shape index (κ1) is 13.4. The zero-order chi connectivity index (χ0) is 14.7. The highest BCUT2D eigenvalue weighted by molar-refractivity contribution is 5.99. The monoisotopic (exact) mass is 270 g/mol. The van der Waals surface area contributed by atoms with Crippen LogP contribution in [-0.2, 0) is 0 Å². The molecule has 6 heteroatoms. The average molecular weight is 270 g/mol. The normalized spacial score (nSPS) is 9.80. The van der Waals surface area contributed by atoms with Crippen LogP contribution in [0.5, 0.6) is 0 Å². The van der Waals surface area contributed by atoms with Crippen LogP contribution in [0.25, 0.3) is 0 Å². The molecule has 0 aliphatic rings. The van der Waals surface area contributed by atoms with Crippen LogP contribution in [-0.4, -0.2) is 5.91 Å². The van der Waals surface area contributed by atoms with Gasteiger partial charge in [0.1, 0.15) is 5.82 Å². The first-order valence-electron chi connectivity index (χ1n) is 5.67. The van der Waals surface area contributed by atoms with Gasteiger partial charge < -0.3 is 16.8 Å². The molecule has 0 radical (unpaired) electrons. The zero-order valence-corrected chi connectivity index (χ0v) is 10.4. The molecule has 5 N–H and O–H groups in total. The number of carbonyl (C=O) groups is 1. The van der Waals surface area contributed by atoms with Gasteiger partial charge in [-0.05, 0) is 30.3 Å². The highest BCUT2D eigenvalue weighted by atomic mass is 19.1. The summed E-state index contributed by atoms with van der Waals surface area (Å²) in [6, 6.07) is 10.7. The van der Waals surface area contributed by atoms with E-state index in [1.54, 1.807) is 24.3 Å². The number of anilines is 3. The van der Waals surface area contributed by atoms with Gasteiger partial charge in [0.05, 0.1) is 22.9 Å². The molecule has 2 aromatic carbocycles. The van der Waals surface area contributed by atoms with Crippen LogP contribution in [0.2, 0.25) is 0 Å². The van der Waals surface area contributed by atoms with Crippen LogP contribution in [0, 0.1) is 17.1 Å². The van der Waals surface area contributed by atoms with E-state index in [4.69, 9.17) is 16.7 Å². The van der Waals surface area contributed by atoms with Crippen molar-refractivity contribution in [1.82, 2.24) is 0 Å². The molecule has 0 fully saturated rings. The lowest BCUT2D eigenvalue weighted by molar-refractivity contribution is 0.100. The maximum atomic E-state index is 13.8. The summed E-state index contributed by atoms with van der Waals surface area (Å²) >= 11 is 0. The number of hydrogen-bond donors (Lipinski definition) is 3. The van der Waals surface area contributed by atoms with Gasteiger partial charge in [0, 0.05) is 11.4 Å². The Morgan fingerprint density at radius 3 is 2.70 bits per heavy atom. The first-order chi connectivity index (χ1) is 9.51. The Labute approximate surface area is 114 Å². The molecule has 0 unspecified atom stereocenters. The van der Waals surface area contributed by atoms with Crippen LogP contribution >= 0.6 is 0 Å². The summed E-state index contributed by atoms with van der Waals surface area (Å²) in [4.78, 5) is 11.2. The van der Waals surface area contributed by atoms with Crippen molar-refractivity contribution in [2.24, 2.45) is 5.73 Å². The minimum absolute atomic E-state index is 0.0219. The number of primary amides is 1. The number of carbonyl (C=O) groups excluding carboxylic acids is 1. The summed E-state index contributed by atoms with van der Waals surface area (Å²) < 4.78 is 13.8. The number of nitrogens with zero attached hydrogens (tertiary/aromatic N) is 1. The molecule has 0 aliphatic carbocycles. The number of nitrogens with one attached hydrogen (secondary N) is 1. The fourth-order valence-corrected chi connectivity index (χ4v) is 1.72. The number of amides is 1. The van der Waals surface area contributed by atoms with Crippen LogP contribution in [0.15, 0.2) is 36.4 Å². The summed E-state index contributed by atoms with van der Waals surface area (Å²) in [6.07, 6.45) is 0. The summed E-state index contributed by atoms with van der Waals surface area (Å²) in [7, 11) is 0. The third-order valence-corrected chi connectivity index (χ3v) is 2.68. The fourth-order valence-electron chi connectivity index (χ4n) is 1.72. The quantitative estimate of drug-likeness (QED) is 0.743. The van der Waals surface area contributed by atoms with E-state index in [-0.39, 0.29) is 16.9 Å². The predicted octanol–water partition coefficient (Wildman–Crippen LogP) is 2.12. The van der Waals surface area contributed by atoms with Crippen LogP contribution in [0.3, 0.4) is 0 Å². The number of nitrogens with two attached hydrogens (primary N) is 2. The lowest BCUT2D eigenvalue weighted by Crippen LogP contribution is -2.14. The molecule has 0 spiro atoms. The molecule has 0 saturated carbocycles. The van der Waals surface area contributed by atoms with Gasteiger partial charge in [0.25, 0.3) is 5.91 Å². The van der Waals surface area contributed by atoms with E-state index in [1.165, 1.54) is 6.07 Å². The minimum atomic E-state index is -0.740. The van der Waals surface area contributed by atoms with Gasteiger partial charge in [-0.3, -0.25) is 4.79 Å². The summed E-state index contributed by atoms with van der Waals surface area (Å²) in [5.41, 5.74) is 11.7. The number of nitrogen functional groups attached to an aromatic ring is 1. The first-order valence-corrected chi connectivity index (χ1v) is 5.67. The predicted molar refractivity (Wildman–Crippen MR) is 73.8 cm³/mol. The number of hydrogen-bond acceptors (Lipinski definition) is 4. The molecule has 0 aromatic heterocycles. The molecule has 0 aliphatic heterocycles. The molecule has 0 heterocycles. The minimum Gasteiger partial charge on any atom is -0.398 e. The highest BCUT2D eigenvalue weighted by Crippen LogP contribution is 2.25. The molecule has 2 aromatic rings. The Bertz CT molecular complexity index is 722. The van der Waals surface area contributed by atoms with E-state index >= 15 is 0 Å². The van der Waals surface area contributed by atoms with Crippen molar-refractivity contribution < 1.29 is 9.18 Å². The van der Waals surface area contributed by atoms with E-state index < -0.39 is 11.7 Å². The topological polar surface area (TPSA) is 105 Å². The molecular formula is C14H11FN4O. The maximum absolute atomic E-state index is 13.8. The average Bonchev–Trinajstić information content (AvgIpc) is 2.41. The van der Waals surface area contributed by atoms with Crippen LogP contribution in [0.4, 0.5) is 21.5 Å². The molecule has 1 amide bonds. The molecule has 20 heavy (non-hydrogen) atoms. The number of benzene rings is 2. The lowest BCUT2D eigenvalue weighted by atomic mass is 10.1. The fraction of sp³-hybridized carbons (Fsp3) is 0. The number of rotatable bonds is 3. The number of nitriles is 1. The Kier molecular flexibility index (Phi) is 3.53. The molecule has 0 bridgehead atoms. The van der Waals surface area contributed by atoms with E-state index in [1.807, 2.05) is 6.07 Å². The lowest BCUT2D eigenvalue weighted by Gasteiger charge is -2.10. The zero-order valence-electron chi connectivity index (χ0n) is 10.4. The van der Waals surface area contributed by atoms with Gasteiger partial charge in [-0.1, -0.05) is 6.07 Å². The third kappa shape index (κ3) is 2.67. The van der Waals surface area contributed by atoms with E-state index in [2.05, 4.69) is 5.32 Å². The second-order valence-electron chi connectivity index (χ2n) is 4.10. The Hall–Kier alpha value is -3.07. The van der Waals surface area contributed by atoms with Gasteiger partial charge in [-0.2, -0.15) is 5.26 Å². The SMILES string of the molecule is N#Cc1cccc(Nc2cc(C(N)=O)c(N)cc2F)c1. The molecule has 100 valence electrons. The standard InChI is InChI=1S/C14H11FN4O/c15-11-6-12(17)10(14(18)20)5-13(11)19-9-3-1-2-8(4-9)7-16/h1-6,19H,17H2,(H2,18,20). The molecular weight excluding hydrogens is 259 g/mol. The molecule has 0 saturated heterocycles. The largest absolute Gasteiger partial charge is 0.398 e. The Balaban J connectivity index is 2.40. The molecule has 5 nitrogen and oxygen atoms in total. The van der Waals surface area contributed by atoms with Crippen LogP contribution < -0.4 is 16.8 Å².